The van der Waals surface area contributed by atoms with Crippen LogP contribution in [0.2, 0.25) is 10.0 Å². The molecule has 0 fully saturated rings. The molecule has 0 aliphatic heterocycles. The van der Waals surface area contributed by atoms with E-state index in [9.17, 15) is 0 Å². The minimum atomic E-state index is 0.513. The van der Waals surface area contributed by atoms with Crippen LogP contribution in [0.4, 0.5) is 17.5 Å². The maximum Gasteiger partial charge on any atom is 0.224 e. The number of benzene rings is 2. The van der Waals surface area contributed by atoms with Gasteiger partial charge < -0.3 is 15.4 Å². The Kier molecular flexibility index (Phi) is 5.58. The van der Waals surface area contributed by atoms with E-state index in [-0.39, 0.29) is 0 Å². The molecule has 1 heterocycles. The summed E-state index contributed by atoms with van der Waals surface area (Å²) in [6, 6.07) is 14.8. The van der Waals surface area contributed by atoms with E-state index in [1.807, 2.05) is 24.3 Å². The quantitative estimate of drug-likeness (QED) is 0.624. The van der Waals surface area contributed by atoms with Gasteiger partial charge in [0.25, 0.3) is 0 Å². The highest BCUT2D eigenvalue weighted by Gasteiger charge is 2.04. The fraction of sp³-hybridized carbons (Fsp3) is 0.111. The van der Waals surface area contributed by atoms with Crippen LogP contribution in [-0.4, -0.2) is 17.1 Å². The summed E-state index contributed by atoms with van der Waals surface area (Å²) in [7, 11) is 1.64. The molecule has 3 aromatic rings. The van der Waals surface area contributed by atoms with Crippen LogP contribution in [-0.2, 0) is 6.54 Å². The Morgan fingerprint density at radius 2 is 1.84 bits per heavy atom. The van der Waals surface area contributed by atoms with Gasteiger partial charge in [-0.2, -0.15) is 4.98 Å². The van der Waals surface area contributed by atoms with Crippen molar-refractivity contribution >= 4 is 40.7 Å². The lowest BCUT2D eigenvalue weighted by atomic mass is 10.2. The molecule has 25 heavy (non-hydrogen) atoms. The van der Waals surface area contributed by atoms with Gasteiger partial charge in [-0.15, -0.1) is 0 Å². The Hall–Kier alpha value is -2.50. The molecule has 0 amide bonds. The minimum Gasteiger partial charge on any atom is -0.497 e. The Morgan fingerprint density at radius 1 is 1.04 bits per heavy atom. The molecule has 0 saturated carbocycles. The first kappa shape index (κ1) is 17.3. The van der Waals surface area contributed by atoms with E-state index in [0.717, 1.165) is 11.3 Å². The molecular formula is C18H16Cl2N4O. The lowest BCUT2D eigenvalue weighted by molar-refractivity contribution is 0.414. The average molecular weight is 375 g/mol. The lowest BCUT2D eigenvalue weighted by Crippen LogP contribution is -2.05. The molecule has 2 N–H and O–H groups in total. The minimum absolute atomic E-state index is 0.513. The summed E-state index contributed by atoms with van der Waals surface area (Å²) < 4.78 is 5.15. The third kappa shape index (κ3) is 4.75. The van der Waals surface area contributed by atoms with E-state index in [2.05, 4.69) is 20.6 Å². The average Bonchev–Trinajstić information content (AvgIpc) is 2.64. The zero-order valence-corrected chi connectivity index (χ0v) is 15.0. The van der Waals surface area contributed by atoms with E-state index >= 15 is 0 Å². The smallest absolute Gasteiger partial charge is 0.224 e. The van der Waals surface area contributed by atoms with Crippen molar-refractivity contribution in [1.82, 2.24) is 9.97 Å². The Balaban J connectivity index is 1.67. The van der Waals surface area contributed by atoms with Gasteiger partial charge in [0, 0.05) is 17.8 Å². The number of hydrogen-bond acceptors (Lipinski definition) is 5. The number of ether oxygens (including phenoxy) is 1. The van der Waals surface area contributed by atoms with Crippen molar-refractivity contribution in [1.29, 1.82) is 0 Å². The summed E-state index contributed by atoms with van der Waals surface area (Å²) in [6.45, 7) is 0.603. The van der Waals surface area contributed by atoms with Gasteiger partial charge in [-0.05, 0) is 42.0 Å². The fourth-order valence-electron chi connectivity index (χ4n) is 2.17. The number of hydrogen-bond donors (Lipinski definition) is 2. The molecule has 1 aromatic heterocycles. The van der Waals surface area contributed by atoms with Crippen LogP contribution in [0.5, 0.6) is 5.75 Å². The summed E-state index contributed by atoms with van der Waals surface area (Å²) in [4.78, 5) is 8.65. The molecule has 0 atom stereocenters. The van der Waals surface area contributed by atoms with Crippen LogP contribution in [0.15, 0.2) is 54.7 Å². The Bertz CT molecular complexity index is 856. The van der Waals surface area contributed by atoms with Gasteiger partial charge in [-0.3, -0.25) is 0 Å². The second-order valence-corrected chi connectivity index (χ2v) is 6.06. The van der Waals surface area contributed by atoms with Crippen molar-refractivity contribution in [2.45, 2.75) is 6.54 Å². The third-order valence-corrected chi connectivity index (χ3v) is 4.02. The Morgan fingerprint density at radius 3 is 2.60 bits per heavy atom. The molecule has 7 heteroatoms. The van der Waals surface area contributed by atoms with Crippen LogP contribution in [0, 0.1) is 0 Å². The summed E-state index contributed by atoms with van der Waals surface area (Å²) >= 11 is 12.2. The maximum absolute atomic E-state index is 6.16. The van der Waals surface area contributed by atoms with E-state index in [1.165, 1.54) is 0 Å². The van der Waals surface area contributed by atoms with Crippen molar-refractivity contribution in [2.75, 3.05) is 17.7 Å². The molecule has 2 aromatic carbocycles. The molecule has 0 unspecified atom stereocenters. The molecule has 0 radical (unpaired) electrons. The van der Waals surface area contributed by atoms with Gasteiger partial charge in [-0.25, -0.2) is 4.98 Å². The Labute approximate surface area is 156 Å². The first-order valence-electron chi connectivity index (χ1n) is 7.56. The van der Waals surface area contributed by atoms with E-state index < -0.39 is 0 Å². The second-order valence-electron chi connectivity index (χ2n) is 5.22. The van der Waals surface area contributed by atoms with Crippen molar-refractivity contribution in [3.05, 3.63) is 70.3 Å². The van der Waals surface area contributed by atoms with Gasteiger partial charge in [0.15, 0.2) is 0 Å². The predicted octanol–water partition coefficient (Wildman–Crippen LogP) is 5.15. The molecule has 0 aliphatic rings. The summed E-state index contributed by atoms with van der Waals surface area (Å²) in [5.41, 5.74) is 1.79. The predicted molar refractivity (Wildman–Crippen MR) is 102 cm³/mol. The molecule has 0 aliphatic carbocycles. The maximum atomic E-state index is 6.16. The van der Waals surface area contributed by atoms with Crippen LogP contribution in [0.25, 0.3) is 0 Å². The molecular weight excluding hydrogens is 359 g/mol. The largest absolute Gasteiger partial charge is 0.497 e. The van der Waals surface area contributed by atoms with Crippen LogP contribution in [0.3, 0.4) is 0 Å². The topological polar surface area (TPSA) is 59.1 Å². The standard InChI is InChI=1S/C18H16Cl2N4O/c1-25-14-5-2-12(3-6-14)11-22-18-21-9-8-17(24-18)23-16-10-13(19)4-7-15(16)20/h2-10H,11H2,1H3,(H2,21,22,23,24). The molecule has 5 nitrogen and oxygen atoms in total. The lowest BCUT2D eigenvalue weighted by Gasteiger charge is -2.10. The summed E-state index contributed by atoms with van der Waals surface area (Å²) in [5.74, 6) is 1.96. The highest BCUT2D eigenvalue weighted by molar-refractivity contribution is 6.35. The fourth-order valence-corrected chi connectivity index (χ4v) is 2.51. The van der Waals surface area contributed by atoms with Crippen molar-refractivity contribution in [3.8, 4) is 5.75 Å². The number of methoxy groups -OCH3 is 1. The molecule has 0 spiro atoms. The van der Waals surface area contributed by atoms with Crippen LogP contribution < -0.4 is 15.4 Å². The van der Waals surface area contributed by atoms with E-state index in [4.69, 9.17) is 27.9 Å². The van der Waals surface area contributed by atoms with E-state index in [0.29, 0.717) is 34.0 Å². The van der Waals surface area contributed by atoms with Crippen molar-refractivity contribution in [2.24, 2.45) is 0 Å². The highest BCUT2D eigenvalue weighted by atomic mass is 35.5. The molecule has 0 bridgehead atoms. The van der Waals surface area contributed by atoms with Gasteiger partial charge in [0.05, 0.1) is 17.8 Å². The van der Waals surface area contributed by atoms with Gasteiger partial charge in [0.2, 0.25) is 5.95 Å². The third-order valence-electron chi connectivity index (χ3n) is 3.46. The number of anilines is 3. The molecule has 128 valence electrons. The summed E-state index contributed by atoms with van der Waals surface area (Å²) in [5, 5.41) is 7.49. The number of rotatable bonds is 6. The number of nitrogens with zero attached hydrogens (tertiary/aromatic N) is 2. The van der Waals surface area contributed by atoms with Crippen molar-refractivity contribution < 1.29 is 4.74 Å². The van der Waals surface area contributed by atoms with E-state index in [1.54, 1.807) is 37.6 Å². The van der Waals surface area contributed by atoms with Crippen LogP contribution in [0.1, 0.15) is 5.56 Å². The molecule has 0 saturated heterocycles. The van der Waals surface area contributed by atoms with Gasteiger partial charge in [0.1, 0.15) is 11.6 Å². The van der Waals surface area contributed by atoms with Gasteiger partial charge >= 0.3 is 0 Å². The van der Waals surface area contributed by atoms with Crippen LogP contribution >= 0.6 is 23.2 Å². The number of aromatic nitrogens is 2. The van der Waals surface area contributed by atoms with Gasteiger partial charge in [-0.1, -0.05) is 35.3 Å². The highest BCUT2D eigenvalue weighted by Crippen LogP contribution is 2.27. The first-order valence-corrected chi connectivity index (χ1v) is 8.31. The number of halogens is 2. The normalized spacial score (nSPS) is 10.4. The first-order chi connectivity index (χ1) is 12.1. The zero-order valence-electron chi connectivity index (χ0n) is 13.5. The zero-order chi connectivity index (χ0) is 17.6. The number of nitrogens with one attached hydrogen (secondary N) is 2. The second kappa shape index (κ2) is 8.05. The molecule has 3 rings (SSSR count). The monoisotopic (exact) mass is 374 g/mol. The summed E-state index contributed by atoms with van der Waals surface area (Å²) in [6.07, 6.45) is 1.67. The van der Waals surface area contributed by atoms with Crippen molar-refractivity contribution in [3.63, 3.8) is 0 Å². The SMILES string of the molecule is COc1ccc(CNc2nccc(Nc3cc(Cl)ccc3Cl)n2)cc1.